The molecule has 0 aromatic carbocycles. The van der Waals surface area contributed by atoms with Crippen molar-refractivity contribution in [3.63, 3.8) is 0 Å². The maximum atomic E-state index is 2.34. The van der Waals surface area contributed by atoms with Gasteiger partial charge in [-0.1, -0.05) is 182 Å². The van der Waals surface area contributed by atoms with Gasteiger partial charge < -0.3 is 0 Å². The highest BCUT2D eigenvalue weighted by Gasteiger charge is 2.11. The van der Waals surface area contributed by atoms with Gasteiger partial charge in [0, 0.05) is 0 Å². The predicted molar refractivity (Wildman–Crippen MR) is 140 cm³/mol. The highest BCUT2D eigenvalue weighted by atomic mass is 14.2. The fourth-order valence-electron chi connectivity index (χ4n) is 5.17. The molecule has 0 aromatic rings. The lowest BCUT2D eigenvalue weighted by atomic mass is 9.87. The molecule has 0 saturated carbocycles. The van der Waals surface area contributed by atoms with Crippen LogP contribution in [0.2, 0.25) is 0 Å². The maximum Gasteiger partial charge on any atom is -0.0414 e. The fraction of sp³-hybridized carbons (Fsp3) is 1.00. The summed E-state index contributed by atoms with van der Waals surface area (Å²) in [5.41, 5.74) is 0. The lowest BCUT2D eigenvalue weighted by molar-refractivity contribution is 0.339. The van der Waals surface area contributed by atoms with E-state index in [1.807, 2.05) is 0 Å². The molecule has 0 nitrogen and oxygen atoms in total. The quantitative estimate of drug-likeness (QED) is 0.128. The first-order valence-corrected chi connectivity index (χ1v) is 14.8. The maximum absolute atomic E-state index is 2.34. The Morgan fingerprint density at radius 3 is 0.667 bits per heavy atom. The van der Waals surface area contributed by atoms with E-state index in [2.05, 4.69) is 27.7 Å². The average molecular weight is 423 g/mol. The molecule has 0 saturated heterocycles. The van der Waals surface area contributed by atoms with Gasteiger partial charge in [-0.15, -0.1) is 0 Å². The standard InChI is InChI=1S/C30H62/c1-5-9-13-17-23-29(24-18-14-10-6-2)27-21-22-28-30(25-19-15-11-7-3)26-20-16-12-8-4/h29-30H,5-28H2,1-4H3. The van der Waals surface area contributed by atoms with Gasteiger partial charge >= 0.3 is 0 Å². The largest absolute Gasteiger partial charge is 0.0654 e. The second-order valence-electron chi connectivity index (χ2n) is 10.4. The summed E-state index contributed by atoms with van der Waals surface area (Å²) in [6.07, 6.45) is 35.3. The first-order chi connectivity index (χ1) is 14.8. The lowest BCUT2D eigenvalue weighted by Crippen LogP contribution is -2.04. The Bertz CT molecular complexity index is 240. The monoisotopic (exact) mass is 422 g/mol. The van der Waals surface area contributed by atoms with Gasteiger partial charge in [-0.2, -0.15) is 0 Å². The van der Waals surface area contributed by atoms with Gasteiger partial charge in [-0.25, -0.2) is 0 Å². The Morgan fingerprint density at radius 2 is 0.467 bits per heavy atom. The zero-order valence-electron chi connectivity index (χ0n) is 22.1. The Kier molecular flexibility index (Phi) is 25.3. The molecule has 0 N–H and O–H groups in total. The molecule has 0 radical (unpaired) electrons. The molecule has 0 aromatic heterocycles. The van der Waals surface area contributed by atoms with Gasteiger partial charge in [0.1, 0.15) is 0 Å². The van der Waals surface area contributed by atoms with Crippen molar-refractivity contribution in [1.29, 1.82) is 0 Å². The first-order valence-electron chi connectivity index (χ1n) is 14.8. The van der Waals surface area contributed by atoms with E-state index in [4.69, 9.17) is 0 Å². The summed E-state index contributed by atoms with van der Waals surface area (Å²) in [6.45, 7) is 9.35. The molecular formula is C30H62. The van der Waals surface area contributed by atoms with E-state index >= 15 is 0 Å². The van der Waals surface area contributed by atoms with E-state index in [1.54, 1.807) is 0 Å². The predicted octanol–water partition coefficient (Wildman–Crippen LogP) is 11.7. The van der Waals surface area contributed by atoms with Gasteiger partial charge in [-0.3, -0.25) is 0 Å². The smallest absolute Gasteiger partial charge is 0.0414 e. The molecule has 0 unspecified atom stereocenters. The molecule has 30 heavy (non-hydrogen) atoms. The van der Waals surface area contributed by atoms with Crippen LogP contribution in [0, 0.1) is 11.8 Å². The van der Waals surface area contributed by atoms with E-state index in [-0.39, 0.29) is 0 Å². The van der Waals surface area contributed by atoms with Gasteiger partial charge in [0.25, 0.3) is 0 Å². The summed E-state index contributed by atoms with van der Waals surface area (Å²) in [7, 11) is 0. The van der Waals surface area contributed by atoms with Crippen molar-refractivity contribution in [2.45, 2.75) is 182 Å². The van der Waals surface area contributed by atoms with Gasteiger partial charge in [0.15, 0.2) is 0 Å². The summed E-state index contributed by atoms with van der Waals surface area (Å²) in [5.74, 6) is 2.07. The van der Waals surface area contributed by atoms with Crippen molar-refractivity contribution < 1.29 is 0 Å². The molecule has 0 heterocycles. The second-order valence-corrected chi connectivity index (χ2v) is 10.4. The minimum atomic E-state index is 1.03. The number of hydrogen-bond donors (Lipinski definition) is 0. The average Bonchev–Trinajstić information content (AvgIpc) is 2.76. The third-order valence-corrected chi connectivity index (χ3v) is 7.34. The third-order valence-electron chi connectivity index (χ3n) is 7.34. The Morgan fingerprint density at radius 1 is 0.267 bits per heavy atom. The van der Waals surface area contributed by atoms with Crippen LogP contribution in [-0.4, -0.2) is 0 Å². The van der Waals surface area contributed by atoms with Crippen molar-refractivity contribution in [2.75, 3.05) is 0 Å². The number of hydrogen-bond acceptors (Lipinski definition) is 0. The number of rotatable bonds is 25. The van der Waals surface area contributed by atoms with Crippen LogP contribution < -0.4 is 0 Å². The number of unbranched alkanes of at least 4 members (excludes halogenated alkanes) is 13. The Balaban J connectivity index is 4.17. The fourth-order valence-corrected chi connectivity index (χ4v) is 5.17. The van der Waals surface area contributed by atoms with E-state index in [1.165, 1.54) is 154 Å². The van der Waals surface area contributed by atoms with Gasteiger partial charge in [0.05, 0.1) is 0 Å². The van der Waals surface area contributed by atoms with Crippen molar-refractivity contribution in [1.82, 2.24) is 0 Å². The van der Waals surface area contributed by atoms with Crippen LogP contribution in [0.25, 0.3) is 0 Å². The summed E-state index contributed by atoms with van der Waals surface area (Å²) in [6, 6.07) is 0. The molecule has 0 aliphatic carbocycles. The van der Waals surface area contributed by atoms with E-state index < -0.39 is 0 Å². The van der Waals surface area contributed by atoms with Crippen LogP contribution in [0.1, 0.15) is 182 Å². The normalized spacial score (nSPS) is 11.8. The molecule has 0 bridgehead atoms. The van der Waals surface area contributed by atoms with E-state index in [0.29, 0.717) is 0 Å². The summed E-state index contributed by atoms with van der Waals surface area (Å²) in [5, 5.41) is 0. The highest BCUT2D eigenvalue weighted by Crippen LogP contribution is 2.27. The Labute approximate surface area is 193 Å². The lowest BCUT2D eigenvalue weighted by Gasteiger charge is -2.19. The van der Waals surface area contributed by atoms with E-state index in [0.717, 1.165) is 11.8 Å². The van der Waals surface area contributed by atoms with Crippen LogP contribution in [0.5, 0.6) is 0 Å². The van der Waals surface area contributed by atoms with Crippen molar-refractivity contribution in [3.05, 3.63) is 0 Å². The van der Waals surface area contributed by atoms with Crippen LogP contribution in [-0.2, 0) is 0 Å². The molecule has 0 fully saturated rings. The molecule has 0 aliphatic heterocycles. The molecule has 0 heteroatoms. The van der Waals surface area contributed by atoms with E-state index in [9.17, 15) is 0 Å². The minimum Gasteiger partial charge on any atom is -0.0654 e. The zero-order valence-corrected chi connectivity index (χ0v) is 22.1. The SMILES string of the molecule is CCCCCCC(CCCCCC)CCCCC(CCCCCC)CCCCCC. The minimum absolute atomic E-state index is 1.03. The first kappa shape index (κ1) is 30.0. The van der Waals surface area contributed by atoms with Crippen molar-refractivity contribution in [2.24, 2.45) is 11.8 Å². The molecule has 0 atom stereocenters. The van der Waals surface area contributed by atoms with Crippen LogP contribution >= 0.6 is 0 Å². The van der Waals surface area contributed by atoms with Crippen LogP contribution in [0.4, 0.5) is 0 Å². The summed E-state index contributed by atoms with van der Waals surface area (Å²) in [4.78, 5) is 0. The second kappa shape index (κ2) is 25.3. The molecule has 0 rings (SSSR count). The topological polar surface area (TPSA) is 0 Å². The summed E-state index contributed by atoms with van der Waals surface area (Å²) < 4.78 is 0. The molecule has 0 aliphatic rings. The molecule has 182 valence electrons. The van der Waals surface area contributed by atoms with Crippen LogP contribution in [0.15, 0.2) is 0 Å². The third kappa shape index (κ3) is 21.2. The zero-order chi connectivity index (χ0) is 22.1. The van der Waals surface area contributed by atoms with Gasteiger partial charge in [0.2, 0.25) is 0 Å². The molecule has 0 amide bonds. The summed E-state index contributed by atoms with van der Waals surface area (Å²) >= 11 is 0. The van der Waals surface area contributed by atoms with Crippen molar-refractivity contribution in [3.8, 4) is 0 Å². The highest BCUT2D eigenvalue weighted by molar-refractivity contribution is 4.65. The molecule has 0 spiro atoms. The van der Waals surface area contributed by atoms with Crippen LogP contribution in [0.3, 0.4) is 0 Å². The molecular weight excluding hydrogens is 360 g/mol. The van der Waals surface area contributed by atoms with Gasteiger partial charge in [-0.05, 0) is 11.8 Å². The van der Waals surface area contributed by atoms with Crippen molar-refractivity contribution >= 4 is 0 Å². The Hall–Kier alpha value is 0.